The Labute approximate surface area is 119 Å². The van der Waals surface area contributed by atoms with E-state index in [-0.39, 0.29) is 22.2 Å². The minimum atomic E-state index is -0.185. The molecule has 0 unspecified atom stereocenters. The Bertz CT molecular complexity index is 795. The Balaban J connectivity index is 1.99. The zero-order valence-corrected chi connectivity index (χ0v) is 11.3. The molecule has 2 N–H and O–H groups in total. The SMILES string of the molecule is O=c1[nH]c(=S)[nH]c2c1[C@@H]1c3ccccc3OC[C@@H]1CO2. The van der Waals surface area contributed by atoms with E-state index in [1.807, 2.05) is 24.3 Å². The van der Waals surface area contributed by atoms with Crippen molar-refractivity contribution >= 4 is 12.2 Å². The first-order chi connectivity index (χ1) is 9.74. The van der Waals surface area contributed by atoms with Crippen LogP contribution in [0.3, 0.4) is 0 Å². The van der Waals surface area contributed by atoms with Crippen LogP contribution in [0.15, 0.2) is 29.1 Å². The first kappa shape index (κ1) is 11.7. The smallest absolute Gasteiger partial charge is 0.259 e. The van der Waals surface area contributed by atoms with E-state index in [1.54, 1.807) is 0 Å². The van der Waals surface area contributed by atoms with Crippen LogP contribution < -0.4 is 15.0 Å². The van der Waals surface area contributed by atoms with Crippen molar-refractivity contribution < 1.29 is 9.47 Å². The average molecular weight is 288 g/mol. The summed E-state index contributed by atoms with van der Waals surface area (Å²) in [6.07, 6.45) is 0. The van der Waals surface area contributed by atoms with Gasteiger partial charge < -0.3 is 14.5 Å². The summed E-state index contributed by atoms with van der Waals surface area (Å²) >= 11 is 4.99. The van der Waals surface area contributed by atoms with Crippen LogP contribution in [-0.4, -0.2) is 23.2 Å². The van der Waals surface area contributed by atoms with Gasteiger partial charge in [0, 0.05) is 17.4 Å². The van der Waals surface area contributed by atoms with Crippen LogP contribution in [0.4, 0.5) is 0 Å². The number of hydrogen-bond acceptors (Lipinski definition) is 4. The fourth-order valence-electron chi connectivity index (χ4n) is 3.01. The van der Waals surface area contributed by atoms with Gasteiger partial charge in [0.1, 0.15) is 5.75 Å². The van der Waals surface area contributed by atoms with Crippen molar-refractivity contribution in [3.8, 4) is 11.6 Å². The standard InChI is InChI=1S/C14H12N2O3S/c17-12-11-10-7(6-19-13(11)16-14(20)15-12)5-18-9-4-2-1-3-8(9)10/h1-4,7,10H,5-6H2,(H2,15,16,17,20)/t7-,10+/m1/s1. The first-order valence-electron chi connectivity index (χ1n) is 6.45. The summed E-state index contributed by atoms with van der Waals surface area (Å²) in [5, 5.41) is 0. The minimum Gasteiger partial charge on any atom is -0.493 e. The van der Waals surface area contributed by atoms with Gasteiger partial charge in [0.25, 0.3) is 5.56 Å². The van der Waals surface area contributed by atoms with Gasteiger partial charge in [0.05, 0.1) is 18.8 Å². The summed E-state index contributed by atoms with van der Waals surface area (Å²) < 4.78 is 11.7. The van der Waals surface area contributed by atoms with Crippen LogP contribution in [0.2, 0.25) is 0 Å². The summed E-state index contributed by atoms with van der Waals surface area (Å²) in [5.41, 5.74) is 1.46. The lowest BCUT2D eigenvalue weighted by molar-refractivity contribution is 0.121. The molecular formula is C14H12N2O3S. The second-order valence-electron chi connectivity index (χ2n) is 5.05. The summed E-state index contributed by atoms with van der Waals surface area (Å²) in [6.45, 7) is 1.07. The van der Waals surface area contributed by atoms with E-state index in [4.69, 9.17) is 21.7 Å². The normalized spacial score (nSPS) is 22.8. The van der Waals surface area contributed by atoms with Crippen LogP contribution in [-0.2, 0) is 0 Å². The van der Waals surface area contributed by atoms with Crippen LogP contribution in [0, 0.1) is 10.7 Å². The molecule has 0 fully saturated rings. The highest BCUT2D eigenvalue weighted by molar-refractivity contribution is 7.71. The maximum atomic E-state index is 12.3. The van der Waals surface area contributed by atoms with E-state index in [2.05, 4.69) is 9.97 Å². The second-order valence-corrected chi connectivity index (χ2v) is 5.46. The van der Waals surface area contributed by atoms with Gasteiger partial charge in [-0.05, 0) is 18.3 Å². The molecule has 0 amide bonds. The molecule has 1 aromatic carbocycles. The predicted octanol–water partition coefficient (Wildman–Crippen LogP) is 1.97. The number of ether oxygens (including phenoxy) is 2. The molecule has 3 heterocycles. The third kappa shape index (κ3) is 1.61. The van der Waals surface area contributed by atoms with Crippen molar-refractivity contribution in [3.05, 3.63) is 50.5 Å². The van der Waals surface area contributed by atoms with Crippen LogP contribution in [0.5, 0.6) is 11.6 Å². The molecule has 1 aromatic heterocycles. The largest absolute Gasteiger partial charge is 0.493 e. The molecule has 0 saturated carbocycles. The van der Waals surface area contributed by atoms with Gasteiger partial charge in [-0.1, -0.05) is 18.2 Å². The van der Waals surface area contributed by atoms with E-state index < -0.39 is 0 Å². The van der Waals surface area contributed by atoms with Crippen molar-refractivity contribution in [2.75, 3.05) is 13.2 Å². The maximum absolute atomic E-state index is 12.3. The van der Waals surface area contributed by atoms with E-state index in [1.165, 1.54) is 0 Å². The molecule has 2 aliphatic heterocycles. The van der Waals surface area contributed by atoms with Gasteiger partial charge in [-0.15, -0.1) is 0 Å². The van der Waals surface area contributed by atoms with Gasteiger partial charge >= 0.3 is 0 Å². The number of rotatable bonds is 0. The lowest BCUT2D eigenvalue weighted by Gasteiger charge is -2.36. The molecular weight excluding hydrogens is 276 g/mol. The molecule has 2 aromatic rings. The zero-order chi connectivity index (χ0) is 13.7. The maximum Gasteiger partial charge on any atom is 0.259 e. The summed E-state index contributed by atoms with van der Waals surface area (Å²) in [5.74, 6) is 1.45. The van der Waals surface area contributed by atoms with Crippen LogP contribution in [0.1, 0.15) is 17.0 Å². The molecule has 5 nitrogen and oxygen atoms in total. The number of hydrogen-bond donors (Lipinski definition) is 2. The number of aromatic nitrogens is 2. The van der Waals surface area contributed by atoms with Crippen molar-refractivity contribution in [3.63, 3.8) is 0 Å². The molecule has 0 saturated heterocycles. The Kier molecular flexibility index (Phi) is 2.47. The Morgan fingerprint density at radius 3 is 2.85 bits per heavy atom. The highest BCUT2D eigenvalue weighted by Gasteiger charge is 2.39. The van der Waals surface area contributed by atoms with Crippen molar-refractivity contribution in [2.24, 2.45) is 5.92 Å². The van der Waals surface area contributed by atoms with Crippen LogP contribution >= 0.6 is 12.2 Å². The summed E-state index contributed by atoms with van der Waals surface area (Å²) in [7, 11) is 0. The molecule has 2 aliphatic rings. The number of nitrogens with one attached hydrogen (secondary N) is 2. The first-order valence-corrected chi connectivity index (χ1v) is 6.86. The third-order valence-corrected chi connectivity index (χ3v) is 4.08. The van der Waals surface area contributed by atoms with Gasteiger partial charge in [0.15, 0.2) is 4.77 Å². The minimum absolute atomic E-state index is 0.0145. The third-order valence-electron chi connectivity index (χ3n) is 3.87. The van der Waals surface area contributed by atoms with Crippen molar-refractivity contribution in [1.82, 2.24) is 9.97 Å². The van der Waals surface area contributed by atoms with Gasteiger partial charge in [-0.25, -0.2) is 0 Å². The Morgan fingerprint density at radius 1 is 1.15 bits per heavy atom. The molecule has 102 valence electrons. The fraction of sp³-hybridized carbons (Fsp3) is 0.286. The Hall–Kier alpha value is -2.08. The van der Waals surface area contributed by atoms with Crippen molar-refractivity contribution in [2.45, 2.75) is 5.92 Å². The number of fused-ring (bicyclic) bond motifs is 5. The molecule has 0 bridgehead atoms. The summed E-state index contributed by atoms with van der Waals surface area (Å²) in [4.78, 5) is 17.9. The van der Waals surface area contributed by atoms with E-state index >= 15 is 0 Å². The lowest BCUT2D eigenvalue weighted by Crippen LogP contribution is -2.38. The quantitative estimate of drug-likeness (QED) is 0.727. The van der Waals surface area contributed by atoms with E-state index in [0.717, 1.165) is 11.3 Å². The van der Waals surface area contributed by atoms with E-state index in [0.29, 0.717) is 24.7 Å². The molecule has 2 atom stereocenters. The molecule has 6 heteroatoms. The monoisotopic (exact) mass is 288 g/mol. The predicted molar refractivity (Wildman–Crippen MR) is 75.0 cm³/mol. The van der Waals surface area contributed by atoms with Crippen molar-refractivity contribution in [1.29, 1.82) is 0 Å². The average Bonchev–Trinajstić information content (AvgIpc) is 2.46. The van der Waals surface area contributed by atoms with Crippen LogP contribution in [0.25, 0.3) is 0 Å². The summed E-state index contributed by atoms with van der Waals surface area (Å²) in [6, 6.07) is 7.82. The molecule has 4 rings (SSSR count). The number of para-hydroxylation sites is 1. The fourth-order valence-corrected chi connectivity index (χ4v) is 3.20. The number of benzene rings is 1. The molecule has 0 spiro atoms. The van der Waals surface area contributed by atoms with E-state index in [9.17, 15) is 4.79 Å². The lowest BCUT2D eigenvalue weighted by atomic mass is 9.79. The Morgan fingerprint density at radius 2 is 1.95 bits per heavy atom. The highest BCUT2D eigenvalue weighted by atomic mass is 32.1. The van der Waals surface area contributed by atoms with Gasteiger partial charge in [-0.2, -0.15) is 0 Å². The van der Waals surface area contributed by atoms with Gasteiger partial charge in [0.2, 0.25) is 5.88 Å². The molecule has 0 radical (unpaired) electrons. The second kappa shape index (κ2) is 4.21. The molecule has 20 heavy (non-hydrogen) atoms. The zero-order valence-electron chi connectivity index (χ0n) is 10.5. The highest BCUT2D eigenvalue weighted by Crippen LogP contribution is 2.44. The topological polar surface area (TPSA) is 67.1 Å². The van der Waals surface area contributed by atoms with Gasteiger partial charge in [-0.3, -0.25) is 9.78 Å². The molecule has 0 aliphatic carbocycles. The number of H-pyrrole nitrogens is 2. The number of aromatic amines is 2.